The molecular weight excluding hydrogens is 390 g/mol. The first-order valence-electron chi connectivity index (χ1n) is 10.7. The number of aryl methyl sites for hydroxylation is 2. The SMILES string of the molecule is Cc1cc(=O)oc(C)c1C(=O)N1CCC(C(O)(c2ccccc2)c2ccccc2)CC1. The minimum Gasteiger partial charge on any atom is -0.427 e. The molecule has 0 saturated carbocycles. The van der Waals surface area contributed by atoms with Crippen LogP contribution in [0.5, 0.6) is 0 Å². The van der Waals surface area contributed by atoms with Crippen molar-refractivity contribution < 1.29 is 14.3 Å². The van der Waals surface area contributed by atoms with Gasteiger partial charge >= 0.3 is 5.63 Å². The van der Waals surface area contributed by atoms with E-state index in [0.29, 0.717) is 42.8 Å². The molecule has 2 aromatic carbocycles. The average Bonchev–Trinajstić information content (AvgIpc) is 2.79. The van der Waals surface area contributed by atoms with Crippen LogP contribution in [0.3, 0.4) is 0 Å². The maximum Gasteiger partial charge on any atom is 0.336 e. The third-order valence-electron chi connectivity index (χ3n) is 6.35. The largest absolute Gasteiger partial charge is 0.427 e. The summed E-state index contributed by atoms with van der Waals surface area (Å²) in [5, 5.41) is 12.0. The Morgan fingerprint density at radius 3 is 1.97 bits per heavy atom. The Balaban J connectivity index is 1.59. The van der Waals surface area contributed by atoms with Crippen LogP contribution in [0.2, 0.25) is 0 Å². The molecule has 1 N–H and O–H groups in total. The monoisotopic (exact) mass is 417 g/mol. The highest BCUT2D eigenvalue weighted by atomic mass is 16.4. The molecule has 1 aromatic heterocycles. The number of likely N-dealkylation sites (tertiary alicyclic amines) is 1. The molecule has 5 heteroatoms. The van der Waals surface area contributed by atoms with Gasteiger partial charge in [-0.3, -0.25) is 4.79 Å². The summed E-state index contributed by atoms with van der Waals surface area (Å²) in [6.07, 6.45) is 1.34. The molecule has 1 amide bonds. The summed E-state index contributed by atoms with van der Waals surface area (Å²) in [7, 11) is 0. The summed E-state index contributed by atoms with van der Waals surface area (Å²) in [5.74, 6) is 0.194. The van der Waals surface area contributed by atoms with Crippen molar-refractivity contribution in [1.29, 1.82) is 0 Å². The Labute approximate surface area is 182 Å². The van der Waals surface area contributed by atoms with Crippen LogP contribution in [0.15, 0.2) is 75.9 Å². The van der Waals surface area contributed by atoms with Crippen molar-refractivity contribution in [3.05, 3.63) is 105 Å². The molecule has 1 saturated heterocycles. The molecule has 1 aliphatic rings. The minimum absolute atomic E-state index is 0.0303. The van der Waals surface area contributed by atoms with Gasteiger partial charge < -0.3 is 14.4 Å². The van der Waals surface area contributed by atoms with Crippen molar-refractivity contribution in [1.82, 2.24) is 4.90 Å². The van der Waals surface area contributed by atoms with E-state index in [1.54, 1.807) is 18.7 Å². The highest BCUT2D eigenvalue weighted by Gasteiger charge is 2.42. The first kappa shape index (κ1) is 21.1. The first-order chi connectivity index (χ1) is 14.9. The lowest BCUT2D eigenvalue weighted by atomic mass is 9.72. The summed E-state index contributed by atoms with van der Waals surface area (Å²) in [5.41, 5.74) is 1.25. The van der Waals surface area contributed by atoms with Crippen LogP contribution >= 0.6 is 0 Å². The maximum atomic E-state index is 13.2. The van der Waals surface area contributed by atoms with Crippen molar-refractivity contribution in [2.45, 2.75) is 32.3 Å². The average molecular weight is 418 g/mol. The standard InChI is InChI=1S/C26H27NO4/c1-18-17-23(28)31-19(2)24(18)25(29)27-15-13-22(14-16-27)26(30,20-9-5-3-6-10-20)21-11-7-4-8-12-21/h3-12,17,22,30H,13-16H2,1-2H3. The number of benzene rings is 2. The van der Waals surface area contributed by atoms with Crippen LogP contribution in [0, 0.1) is 19.8 Å². The summed E-state index contributed by atoms with van der Waals surface area (Å²) < 4.78 is 5.15. The number of nitrogens with zero attached hydrogens (tertiary/aromatic N) is 1. The van der Waals surface area contributed by atoms with Gasteiger partial charge in [0.15, 0.2) is 0 Å². The summed E-state index contributed by atoms with van der Waals surface area (Å²) in [6, 6.07) is 20.9. The zero-order valence-corrected chi connectivity index (χ0v) is 17.9. The van der Waals surface area contributed by atoms with E-state index in [2.05, 4.69) is 0 Å². The molecule has 0 bridgehead atoms. The van der Waals surface area contributed by atoms with Crippen molar-refractivity contribution in [2.75, 3.05) is 13.1 Å². The summed E-state index contributed by atoms with van der Waals surface area (Å²) >= 11 is 0. The number of hydrogen-bond acceptors (Lipinski definition) is 4. The Bertz CT molecular complexity index is 1050. The lowest BCUT2D eigenvalue weighted by Crippen LogP contribution is -2.46. The first-order valence-corrected chi connectivity index (χ1v) is 10.7. The number of carbonyl (C=O) groups is 1. The molecular formula is C26H27NO4. The predicted molar refractivity (Wildman–Crippen MR) is 119 cm³/mol. The molecule has 0 unspecified atom stereocenters. The van der Waals surface area contributed by atoms with E-state index in [9.17, 15) is 14.7 Å². The summed E-state index contributed by atoms with van der Waals surface area (Å²) in [4.78, 5) is 26.5. The molecule has 31 heavy (non-hydrogen) atoms. The second kappa shape index (κ2) is 8.52. The van der Waals surface area contributed by atoms with E-state index in [-0.39, 0.29) is 11.8 Å². The van der Waals surface area contributed by atoms with Crippen LogP contribution in [0.4, 0.5) is 0 Å². The number of rotatable bonds is 4. The quantitative estimate of drug-likeness (QED) is 0.695. The Morgan fingerprint density at radius 2 is 1.48 bits per heavy atom. The number of piperidine rings is 1. The molecule has 0 radical (unpaired) electrons. The molecule has 0 aliphatic carbocycles. The molecule has 4 rings (SSSR count). The molecule has 1 fully saturated rings. The van der Waals surface area contributed by atoms with Crippen LogP contribution in [0.1, 0.15) is 45.7 Å². The number of carbonyl (C=O) groups excluding carboxylic acids is 1. The fourth-order valence-electron chi connectivity index (χ4n) is 4.76. The van der Waals surface area contributed by atoms with Crippen LogP contribution in [-0.4, -0.2) is 29.0 Å². The lowest BCUT2D eigenvalue weighted by Gasteiger charge is -2.42. The Hall–Kier alpha value is -3.18. The molecule has 160 valence electrons. The van der Waals surface area contributed by atoms with E-state index in [1.807, 2.05) is 60.7 Å². The number of hydrogen-bond donors (Lipinski definition) is 1. The van der Waals surface area contributed by atoms with Gasteiger partial charge in [-0.15, -0.1) is 0 Å². The van der Waals surface area contributed by atoms with Gasteiger partial charge in [0.25, 0.3) is 5.91 Å². The van der Waals surface area contributed by atoms with Crippen molar-refractivity contribution in [2.24, 2.45) is 5.92 Å². The lowest BCUT2D eigenvalue weighted by molar-refractivity contribution is -0.0123. The second-order valence-electron chi connectivity index (χ2n) is 8.24. The van der Waals surface area contributed by atoms with E-state index in [4.69, 9.17) is 4.42 Å². The molecule has 3 aromatic rings. The fraction of sp³-hybridized carbons (Fsp3) is 0.308. The normalized spacial score (nSPS) is 15.1. The predicted octanol–water partition coefficient (Wildman–Crippen LogP) is 4.04. The van der Waals surface area contributed by atoms with Gasteiger partial charge in [-0.1, -0.05) is 60.7 Å². The minimum atomic E-state index is -1.12. The highest BCUT2D eigenvalue weighted by Crippen LogP contribution is 2.42. The fourth-order valence-corrected chi connectivity index (χ4v) is 4.76. The van der Waals surface area contributed by atoms with Gasteiger partial charge in [0.05, 0.1) is 5.56 Å². The van der Waals surface area contributed by atoms with Crippen LogP contribution in [0.25, 0.3) is 0 Å². The van der Waals surface area contributed by atoms with E-state index in [1.165, 1.54) is 6.07 Å². The van der Waals surface area contributed by atoms with Gasteiger partial charge in [0, 0.05) is 19.2 Å². The molecule has 5 nitrogen and oxygen atoms in total. The Morgan fingerprint density at radius 1 is 0.968 bits per heavy atom. The molecule has 1 aliphatic heterocycles. The van der Waals surface area contributed by atoms with Crippen molar-refractivity contribution in [3.8, 4) is 0 Å². The van der Waals surface area contributed by atoms with Gasteiger partial charge in [0.2, 0.25) is 0 Å². The van der Waals surface area contributed by atoms with E-state index in [0.717, 1.165) is 11.1 Å². The zero-order chi connectivity index (χ0) is 22.0. The van der Waals surface area contributed by atoms with Crippen LogP contribution in [-0.2, 0) is 5.60 Å². The van der Waals surface area contributed by atoms with Gasteiger partial charge in [0.1, 0.15) is 11.4 Å². The number of aliphatic hydroxyl groups is 1. The topological polar surface area (TPSA) is 70.8 Å². The van der Waals surface area contributed by atoms with Crippen molar-refractivity contribution in [3.63, 3.8) is 0 Å². The van der Waals surface area contributed by atoms with Gasteiger partial charge in [-0.05, 0) is 49.3 Å². The van der Waals surface area contributed by atoms with E-state index >= 15 is 0 Å². The van der Waals surface area contributed by atoms with E-state index < -0.39 is 11.2 Å². The van der Waals surface area contributed by atoms with Crippen molar-refractivity contribution >= 4 is 5.91 Å². The molecule has 2 heterocycles. The molecule has 0 spiro atoms. The smallest absolute Gasteiger partial charge is 0.336 e. The van der Waals surface area contributed by atoms with Gasteiger partial charge in [-0.2, -0.15) is 0 Å². The number of amides is 1. The second-order valence-corrected chi connectivity index (χ2v) is 8.24. The van der Waals surface area contributed by atoms with Gasteiger partial charge in [-0.25, -0.2) is 4.79 Å². The highest BCUT2D eigenvalue weighted by molar-refractivity contribution is 5.96. The molecule has 0 atom stereocenters. The third-order valence-corrected chi connectivity index (χ3v) is 6.35. The third kappa shape index (κ3) is 3.93. The van der Waals surface area contributed by atoms with Crippen LogP contribution < -0.4 is 5.63 Å². The zero-order valence-electron chi connectivity index (χ0n) is 17.9. The maximum absolute atomic E-state index is 13.2. The summed E-state index contributed by atoms with van der Waals surface area (Å²) in [6.45, 7) is 4.47. The Kier molecular flexibility index (Phi) is 5.79.